The Balaban J connectivity index is 2.10. The highest BCUT2D eigenvalue weighted by Gasteiger charge is 2.26. The molecule has 1 unspecified atom stereocenters. The Labute approximate surface area is 136 Å². The number of amides is 1. The molecule has 0 fully saturated rings. The number of carbonyl (C=O) groups excluding carboxylic acids is 1. The van der Waals surface area contributed by atoms with Gasteiger partial charge in [-0.05, 0) is 57.4 Å². The van der Waals surface area contributed by atoms with Crippen LogP contribution in [0.1, 0.15) is 38.8 Å². The molecule has 0 bridgehead atoms. The average Bonchev–Trinajstić information content (AvgIpc) is 2.44. The van der Waals surface area contributed by atoms with Crippen LogP contribution in [-0.2, 0) is 22.5 Å². The molecule has 1 aliphatic rings. The fraction of sp³-hybridized carbons (Fsp3) is 0.529. The van der Waals surface area contributed by atoms with E-state index in [-0.39, 0.29) is 6.09 Å². The van der Waals surface area contributed by atoms with Crippen LogP contribution in [0.25, 0.3) is 0 Å². The smallest absolute Gasteiger partial charge is 0.410 e. The topological polar surface area (TPSA) is 78.9 Å². The minimum Gasteiger partial charge on any atom is -0.480 e. The summed E-state index contributed by atoms with van der Waals surface area (Å²) in [5.74, 6) is -0.905. The zero-order chi connectivity index (χ0) is 17.2. The Morgan fingerprint density at radius 3 is 2.61 bits per heavy atom. The number of aliphatic carboxylic acids is 1. The third-order valence-corrected chi connectivity index (χ3v) is 3.62. The van der Waals surface area contributed by atoms with Gasteiger partial charge in [0.25, 0.3) is 0 Å². The van der Waals surface area contributed by atoms with Crippen molar-refractivity contribution in [2.24, 2.45) is 0 Å². The van der Waals surface area contributed by atoms with Crippen LogP contribution in [-0.4, -0.2) is 40.3 Å². The number of nitrogens with one attached hydrogen (secondary N) is 1. The van der Waals surface area contributed by atoms with E-state index in [9.17, 15) is 9.59 Å². The number of benzene rings is 1. The average molecular weight is 320 g/mol. The first kappa shape index (κ1) is 17.1. The number of carbonyl (C=O) groups is 2. The molecule has 1 heterocycles. The fourth-order valence-electron chi connectivity index (χ4n) is 2.44. The first-order valence-electron chi connectivity index (χ1n) is 7.75. The lowest BCUT2D eigenvalue weighted by Crippen LogP contribution is -2.39. The SMILES string of the molecule is CC(Nc1ccc2c(c1)CN(C(=O)OC(C)(C)C)CC2)C(=O)O. The van der Waals surface area contributed by atoms with Gasteiger partial charge in [0.2, 0.25) is 0 Å². The summed E-state index contributed by atoms with van der Waals surface area (Å²) in [6.07, 6.45) is 0.448. The molecule has 1 amide bonds. The molecule has 0 aromatic heterocycles. The molecule has 1 atom stereocenters. The van der Waals surface area contributed by atoms with Crippen LogP contribution in [0, 0.1) is 0 Å². The molecule has 1 aromatic carbocycles. The minimum atomic E-state index is -0.905. The molecule has 1 aromatic rings. The van der Waals surface area contributed by atoms with Gasteiger partial charge in [0.15, 0.2) is 0 Å². The van der Waals surface area contributed by atoms with Gasteiger partial charge >= 0.3 is 12.1 Å². The zero-order valence-electron chi connectivity index (χ0n) is 14.0. The molecule has 23 heavy (non-hydrogen) atoms. The summed E-state index contributed by atoms with van der Waals surface area (Å²) in [6.45, 7) is 8.23. The lowest BCUT2D eigenvalue weighted by Gasteiger charge is -2.31. The second kappa shape index (κ2) is 6.48. The second-order valence-corrected chi connectivity index (χ2v) is 6.84. The Kier molecular flexibility index (Phi) is 4.82. The first-order valence-corrected chi connectivity index (χ1v) is 7.75. The number of anilines is 1. The molecule has 1 aliphatic heterocycles. The normalized spacial score (nSPS) is 15.6. The van der Waals surface area contributed by atoms with Gasteiger partial charge in [-0.25, -0.2) is 4.79 Å². The van der Waals surface area contributed by atoms with Crippen LogP contribution in [0.4, 0.5) is 10.5 Å². The number of hydrogen-bond acceptors (Lipinski definition) is 4. The maximum atomic E-state index is 12.2. The minimum absolute atomic E-state index is 0.319. The number of carboxylic acids is 1. The number of fused-ring (bicyclic) bond motifs is 1. The van der Waals surface area contributed by atoms with Gasteiger partial charge in [0.05, 0.1) is 0 Å². The monoisotopic (exact) mass is 320 g/mol. The quantitative estimate of drug-likeness (QED) is 0.895. The van der Waals surface area contributed by atoms with E-state index in [1.54, 1.807) is 11.8 Å². The molecule has 0 aliphatic carbocycles. The van der Waals surface area contributed by atoms with Gasteiger partial charge in [0.1, 0.15) is 11.6 Å². The summed E-state index contributed by atoms with van der Waals surface area (Å²) in [6, 6.07) is 5.10. The standard InChI is InChI=1S/C17H24N2O4/c1-11(15(20)21)18-14-6-5-12-7-8-19(10-13(12)9-14)16(22)23-17(2,3)4/h5-6,9,11,18H,7-8,10H2,1-4H3,(H,20,21). The number of ether oxygens (including phenoxy) is 1. The Hall–Kier alpha value is -2.24. The molecule has 6 heteroatoms. The van der Waals surface area contributed by atoms with E-state index in [2.05, 4.69) is 5.32 Å². The van der Waals surface area contributed by atoms with Crippen molar-refractivity contribution in [1.82, 2.24) is 4.90 Å². The van der Waals surface area contributed by atoms with Crippen LogP contribution >= 0.6 is 0 Å². The molecule has 2 N–H and O–H groups in total. The van der Waals surface area contributed by atoms with Crippen molar-refractivity contribution in [1.29, 1.82) is 0 Å². The number of rotatable bonds is 3. The Bertz CT molecular complexity index is 607. The molecule has 0 spiro atoms. The fourth-order valence-corrected chi connectivity index (χ4v) is 2.44. The molecule has 0 saturated carbocycles. The molecule has 126 valence electrons. The van der Waals surface area contributed by atoms with Crippen LogP contribution in [0.15, 0.2) is 18.2 Å². The molecule has 6 nitrogen and oxygen atoms in total. The van der Waals surface area contributed by atoms with Gasteiger partial charge < -0.3 is 20.1 Å². The number of nitrogens with zero attached hydrogens (tertiary/aromatic N) is 1. The maximum absolute atomic E-state index is 12.2. The summed E-state index contributed by atoms with van der Waals surface area (Å²) >= 11 is 0. The van der Waals surface area contributed by atoms with Gasteiger partial charge in [-0.3, -0.25) is 4.79 Å². The Morgan fingerprint density at radius 2 is 2.00 bits per heavy atom. The van der Waals surface area contributed by atoms with Crippen molar-refractivity contribution in [3.63, 3.8) is 0 Å². The highest BCUT2D eigenvalue weighted by Crippen LogP contribution is 2.24. The van der Waals surface area contributed by atoms with Gasteiger partial charge in [-0.2, -0.15) is 0 Å². The van der Waals surface area contributed by atoms with Gasteiger partial charge in [-0.1, -0.05) is 6.07 Å². The predicted molar refractivity (Wildman–Crippen MR) is 87.5 cm³/mol. The molecule has 0 saturated heterocycles. The van der Waals surface area contributed by atoms with Crippen molar-refractivity contribution in [3.8, 4) is 0 Å². The van der Waals surface area contributed by atoms with Crippen LogP contribution < -0.4 is 5.32 Å². The largest absolute Gasteiger partial charge is 0.480 e. The second-order valence-electron chi connectivity index (χ2n) is 6.84. The molecular formula is C17H24N2O4. The van der Waals surface area contributed by atoms with Crippen LogP contribution in [0.5, 0.6) is 0 Å². The maximum Gasteiger partial charge on any atom is 0.410 e. The van der Waals surface area contributed by atoms with Crippen LogP contribution in [0.3, 0.4) is 0 Å². The predicted octanol–water partition coefficient (Wildman–Crippen LogP) is 2.86. The lowest BCUT2D eigenvalue weighted by molar-refractivity contribution is -0.137. The third-order valence-electron chi connectivity index (χ3n) is 3.62. The number of hydrogen-bond donors (Lipinski definition) is 2. The molecule has 2 rings (SSSR count). The van der Waals surface area contributed by atoms with Crippen molar-refractivity contribution >= 4 is 17.7 Å². The van der Waals surface area contributed by atoms with Crippen molar-refractivity contribution in [2.75, 3.05) is 11.9 Å². The third kappa shape index (κ3) is 4.61. The van der Waals surface area contributed by atoms with E-state index in [1.165, 1.54) is 5.56 Å². The van der Waals surface area contributed by atoms with E-state index in [1.807, 2.05) is 39.0 Å². The zero-order valence-corrected chi connectivity index (χ0v) is 14.0. The van der Waals surface area contributed by atoms with Crippen LogP contribution in [0.2, 0.25) is 0 Å². The Morgan fingerprint density at radius 1 is 1.30 bits per heavy atom. The summed E-state index contributed by atoms with van der Waals surface area (Å²) in [4.78, 5) is 24.8. The first-order chi connectivity index (χ1) is 10.7. The number of carboxylic acid groups (broad SMARTS) is 1. The molecule has 0 radical (unpaired) electrons. The highest BCUT2D eigenvalue weighted by atomic mass is 16.6. The van der Waals surface area contributed by atoms with Gasteiger partial charge in [0, 0.05) is 18.8 Å². The van der Waals surface area contributed by atoms with Crippen molar-refractivity contribution in [3.05, 3.63) is 29.3 Å². The van der Waals surface area contributed by atoms with Crippen molar-refractivity contribution in [2.45, 2.75) is 52.3 Å². The highest BCUT2D eigenvalue weighted by molar-refractivity contribution is 5.77. The lowest BCUT2D eigenvalue weighted by atomic mass is 9.99. The molecular weight excluding hydrogens is 296 g/mol. The van der Waals surface area contributed by atoms with E-state index >= 15 is 0 Å². The van der Waals surface area contributed by atoms with E-state index in [0.717, 1.165) is 17.7 Å². The summed E-state index contributed by atoms with van der Waals surface area (Å²) in [7, 11) is 0. The summed E-state index contributed by atoms with van der Waals surface area (Å²) in [5, 5.41) is 11.9. The van der Waals surface area contributed by atoms with E-state index in [4.69, 9.17) is 9.84 Å². The van der Waals surface area contributed by atoms with Crippen molar-refractivity contribution < 1.29 is 19.4 Å². The summed E-state index contributed by atoms with van der Waals surface area (Å²) < 4.78 is 5.41. The summed E-state index contributed by atoms with van der Waals surface area (Å²) in [5.41, 5.74) is 2.42. The van der Waals surface area contributed by atoms with E-state index < -0.39 is 17.6 Å². The van der Waals surface area contributed by atoms with Gasteiger partial charge in [-0.15, -0.1) is 0 Å². The van der Waals surface area contributed by atoms with E-state index in [0.29, 0.717) is 13.1 Å².